The van der Waals surface area contributed by atoms with Gasteiger partial charge in [-0.05, 0) is 34.7 Å². The summed E-state index contributed by atoms with van der Waals surface area (Å²) in [6.45, 7) is 0. The fourth-order valence-corrected chi connectivity index (χ4v) is 2.66. The molecule has 3 rings (SSSR count). The molecule has 0 unspecified atom stereocenters. The molecular weight excluding hydrogens is 323 g/mol. The summed E-state index contributed by atoms with van der Waals surface area (Å²) in [6, 6.07) is 8.24. The molecular formula is C9H5IN4S. The average molecular weight is 328 g/mol. The van der Waals surface area contributed by atoms with Crippen molar-refractivity contribution in [1.82, 2.24) is 19.8 Å². The molecule has 0 saturated carbocycles. The highest BCUT2D eigenvalue weighted by Crippen LogP contribution is 2.25. The Morgan fingerprint density at radius 2 is 2.27 bits per heavy atom. The minimum atomic E-state index is 0.823. The normalized spacial score (nSPS) is 11.0. The van der Waals surface area contributed by atoms with E-state index in [1.54, 1.807) is 22.2 Å². The van der Waals surface area contributed by atoms with Crippen LogP contribution in [0, 0.1) is 3.57 Å². The van der Waals surface area contributed by atoms with Gasteiger partial charge in [0.15, 0.2) is 0 Å². The van der Waals surface area contributed by atoms with Crippen molar-refractivity contribution in [2.24, 2.45) is 0 Å². The van der Waals surface area contributed by atoms with E-state index in [4.69, 9.17) is 0 Å². The number of hydrogen-bond acceptors (Lipinski definition) is 4. The van der Waals surface area contributed by atoms with E-state index in [1.165, 1.54) is 3.57 Å². The second-order valence-corrected chi connectivity index (χ2v) is 5.18. The molecule has 3 aromatic rings. The summed E-state index contributed by atoms with van der Waals surface area (Å²) in [6.07, 6.45) is 1.61. The molecule has 2 aromatic heterocycles. The van der Waals surface area contributed by atoms with Crippen LogP contribution in [-0.4, -0.2) is 19.8 Å². The van der Waals surface area contributed by atoms with Crippen LogP contribution in [0.2, 0.25) is 0 Å². The first-order valence-corrected chi connectivity index (χ1v) is 6.15. The summed E-state index contributed by atoms with van der Waals surface area (Å²) >= 11 is 3.83. The van der Waals surface area contributed by atoms with Gasteiger partial charge in [0, 0.05) is 9.13 Å². The lowest BCUT2D eigenvalue weighted by Crippen LogP contribution is -1.82. The van der Waals surface area contributed by atoms with Crippen molar-refractivity contribution in [3.63, 3.8) is 0 Å². The summed E-state index contributed by atoms with van der Waals surface area (Å²) in [5, 5.41) is 13.1. The van der Waals surface area contributed by atoms with Gasteiger partial charge < -0.3 is 0 Å². The third kappa shape index (κ3) is 1.63. The van der Waals surface area contributed by atoms with Crippen molar-refractivity contribution >= 4 is 38.9 Å². The van der Waals surface area contributed by atoms with E-state index in [0.29, 0.717) is 0 Å². The topological polar surface area (TPSA) is 43.1 Å². The molecule has 0 atom stereocenters. The third-order valence-corrected chi connectivity index (χ3v) is 3.59. The largest absolute Gasteiger partial charge is 0.234 e. The Morgan fingerprint density at radius 3 is 3.07 bits per heavy atom. The maximum atomic E-state index is 4.39. The van der Waals surface area contributed by atoms with Crippen LogP contribution in [0.1, 0.15) is 0 Å². The first kappa shape index (κ1) is 9.22. The Labute approximate surface area is 103 Å². The van der Waals surface area contributed by atoms with Crippen LogP contribution in [0.5, 0.6) is 0 Å². The van der Waals surface area contributed by atoms with Crippen LogP contribution < -0.4 is 0 Å². The van der Waals surface area contributed by atoms with E-state index < -0.39 is 0 Å². The number of nitrogens with zero attached hydrogens (tertiary/aromatic N) is 4. The van der Waals surface area contributed by atoms with Crippen molar-refractivity contribution in [1.29, 1.82) is 0 Å². The lowest BCUT2D eigenvalue weighted by molar-refractivity contribution is 0.960. The smallest absolute Gasteiger partial charge is 0.190 e. The Kier molecular flexibility index (Phi) is 2.17. The summed E-state index contributed by atoms with van der Waals surface area (Å²) in [5.74, 6) is 0. The van der Waals surface area contributed by atoms with E-state index in [1.807, 2.05) is 12.1 Å². The quantitative estimate of drug-likeness (QED) is 0.645. The number of hydrogen-bond donors (Lipinski definition) is 0. The standard InChI is InChI=1S/C9H5IN4S/c10-7-3-1-2-6(4-7)8-13-14-5-11-12-9(14)15-8/h1-5H. The van der Waals surface area contributed by atoms with Gasteiger partial charge in [-0.3, -0.25) is 0 Å². The monoisotopic (exact) mass is 328 g/mol. The lowest BCUT2D eigenvalue weighted by atomic mass is 10.2. The Balaban J connectivity index is 2.17. The maximum absolute atomic E-state index is 4.39. The Bertz CT molecular complexity index is 587. The molecule has 0 aliphatic rings. The summed E-state index contributed by atoms with van der Waals surface area (Å²) in [4.78, 5) is 0.823. The highest BCUT2D eigenvalue weighted by molar-refractivity contribution is 14.1. The van der Waals surface area contributed by atoms with E-state index in [-0.39, 0.29) is 0 Å². The fourth-order valence-electron chi connectivity index (χ4n) is 1.30. The molecule has 2 heterocycles. The molecule has 0 saturated heterocycles. The molecule has 0 aliphatic carbocycles. The van der Waals surface area contributed by atoms with Gasteiger partial charge in [0.25, 0.3) is 0 Å². The molecule has 0 spiro atoms. The minimum absolute atomic E-state index is 0.823. The summed E-state index contributed by atoms with van der Waals surface area (Å²) in [7, 11) is 0. The van der Waals surface area contributed by atoms with Crippen LogP contribution in [0.3, 0.4) is 0 Å². The molecule has 0 bridgehead atoms. The zero-order chi connectivity index (χ0) is 10.3. The van der Waals surface area contributed by atoms with E-state index in [9.17, 15) is 0 Å². The number of aromatic nitrogens is 4. The minimum Gasteiger partial charge on any atom is -0.190 e. The highest BCUT2D eigenvalue weighted by Gasteiger charge is 2.07. The summed E-state index contributed by atoms with van der Waals surface area (Å²) < 4.78 is 2.90. The molecule has 0 radical (unpaired) electrons. The van der Waals surface area contributed by atoms with E-state index in [2.05, 4.69) is 50.0 Å². The lowest BCUT2D eigenvalue weighted by Gasteiger charge is -1.94. The SMILES string of the molecule is Ic1cccc(-c2nn3cnnc3s2)c1. The molecule has 0 aliphatic heterocycles. The van der Waals surface area contributed by atoms with Crippen LogP contribution >= 0.6 is 33.9 Å². The van der Waals surface area contributed by atoms with Gasteiger partial charge in [-0.1, -0.05) is 23.5 Å². The summed E-state index contributed by atoms with van der Waals surface area (Å²) in [5.41, 5.74) is 1.12. The van der Waals surface area contributed by atoms with Crippen molar-refractivity contribution in [2.75, 3.05) is 0 Å². The first-order valence-electron chi connectivity index (χ1n) is 4.26. The molecule has 4 nitrogen and oxygen atoms in total. The highest BCUT2D eigenvalue weighted by atomic mass is 127. The Morgan fingerprint density at radius 1 is 1.33 bits per heavy atom. The fraction of sp³-hybridized carbons (Fsp3) is 0. The second kappa shape index (κ2) is 3.53. The van der Waals surface area contributed by atoms with Crippen LogP contribution in [-0.2, 0) is 0 Å². The van der Waals surface area contributed by atoms with Gasteiger partial charge in [0.1, 0.15) is 11.3 Å². The van der Waals surface area contributed by atoms with Crippen molar-refractivity contribution in [2.45, 2.75) is 0 Å². The maximum Gasteiger partial charge on any atom is 0.234 e. The molecule has 0 fully saturated rings. The zero-order valence-corrected chi connectivity index (χ0v) is 10.4. The molecule has 15 heavy (non-hydrogen) atoms. The van der Waals surface area contributed by atoms with Gasteiger partial charge in [-0.25, -0.2) is 0 Å². The second-order valence-electron chi connectivity index (χ2n) is 2.98. The van der Waals surface area contributed by atoms with Gasteiger partial charge >= 0.3 is 0 Å². The predicted octanol–water partition coefficient (Wildman–Crippen LogP) is 2.46. The molecule has 0 amide bonds. The molecule has 0 N–H and O–H groups in total. The van der Waals surface area contributed by atoms with Crippen LogP contribution in [0.4, 0.5) is 0 Å². The molecule has 74 valence electrons. The van der Waals surface area contributed by atoms with Gasteiger partial charge in [-0.2, -0.15) is 9.61 Å². The zero-order valence-electron chi connectivity index (χ0n) is 7.46. The third-order valence-electron chi connectivity index (χ3n) is 1.96. The van der Waals surface area contributed by atoms with Crippen molar-refractivity contribution in [3.05, 3.63) is 34.2 Å². The van der Waals surface area contributed by atoms with Crippen LogP contribution in [0.15, 0.2) is 30.6 Å². The van der Waals surface area contributed by atoms with Crippen LogP contribution in [0.25, 0.3) is 15.5 Å². The van der Waals surface area contributed by atoms with E-state index in [0.717, 1.165) is 15.5 Å². The van der Waals surface area contributed by atoms with E-state index >= 15 is 0 Å². The van der Waals surface area contributed by atoms with Crippen molar-refractivity contribution < 1.29 is 0 Å². The number of halogens is 1. The average Bonchev–Trinajstić information content (AvgIpc) is 2.76. The first-order chi connectivity index (χ1) is 7.33. The Hall–Kier alpha value is -1.02. The molecule has 6 heteroatoms. The number of rotatable bonds is 1. The molecule has 1 aromatic carbocycles. The van der Waals surface area contributed by atoms with Crippen molar-refractivity contribution in [3.8, 4) is 10.6 Å². The number of benzene rings is 1. The van der Waals surface area contributed by atoms with Gasteiger partial charge in [0.2, 0.25) is 4.96 Å². The van der Waals surface area contributed by atoms with Gasteiger partial charge in [-0.15, -0.1) is 10.2 Å². The predicted molar refractivity (Wildman–Crippen MR) is 66.8 cm³/mol. The van der Waals surface area contributed by atoms with Gasteiger partial charge in [0.05, 0.1) is 0 Å². The number of fused-ring (bicyclic) bond motifs is 1.